The maximum atomic E-state index is 5.86. The van der Waals surface area contributed by atoms with E-state index in [1.165, 1.54) is 0 Å². The summed E-state index contributed by atoms with van der Waals surface area (Å²) in [5.74, 6) is 0.910. The minimum absolute atomic E-state index is 0.0784. The second kappa shape index (κ2) is 6.10. The van der Waals surface area contributed by atoms with Crippen LogP contribution in [0, 0.1) is 5.41 Å². The highest BCUT2D eigenvalue weighted by Gasteiger charge is 2.40. The largest absolute Gasteiger partial charge is 0.467 e. The number of hydrogen-bond donors (Lipinski definition) is 0. The quantitative estimate of drug-likeness (QED) is 0.777. The second-order valence-corrected chi connectivity index (χ2v) is 6.68. The van der Waals surface area contributed by atoms with Crippen molar-refractivity contribution in [3.8, 4) is 0 Å². The van der Waals surface area contributed by atoms with Crippen molar-refractivity contribution < 1.29 is 9.15 Å². The van der Waals surface area contributed by atoms with Crippen molar-refractivity contribution >= 4 is 6.21 Å². The molecule has 0 radical (unpaired) electrons. The van der Waals surface area contributed by atoms with E-state index in [0.29, 0.717) is 6.54 Å². The molecule has 1 atom stereocenters. The molecule has 1 aromatic rings. The van der Waals surface area contributed by atoms with Crippen LogP contribution >= 0.6 is 0 Å². The zero-order valence-corrected chi connectivity index (χ0v) is 13.1. The maximum Gasteiger partial charge on any atom is 0.125 e. The lowest BCUT2D eigenvalue weighted by Gasteiger charge is -2.44. The van der Waals surface area contributed by atoms with Gasteiger partial charge in [-0.25, -0.2) is 0 Å². The molecule has 2 heterocycles. The molecule has 112 valence electrons. The molecule has 1 aliphatic heterocycles. The van der Waals surface area contributed by atoms with Crippen molar-refractivity contribution in [3.63, 3.8) is 0 Å². The van der Waals surface area contributed by atoms with Crippen molar-refractivity contribution in [3.05, 3.63) is 24.2 Å². The minimum Gasteiger partial charge on any atom is -0.467 e. The van der Waals surface area contributed by atoms with Gasteiger partial charge in [0.05, 0.1) is 18.4 Å². The summed E-state index contributed by atoms with van der Waals surface area (Å²) in [6.07, 6.45) is 5.86. The molecule has 0 saturated carbocycles. The zero-order valence-electron chi connectivity index (χ0n) is 13.1. The summed E-state index contributed by atoms with van der Waals surface area (Å²) in [5, 5.41) is 0. The predicted octanol–water partition coefficient (Wildman–Crippen LogP) is 2.99. The van der Waals surface area contributed by atoms with Crippen LogP contribution in [0.4, 0.5) is 0 Å². The Bertz CT molecular complexity index is 437. The Labute approximate surface area is 121 Å². The number of furan rings is 1. The van der Waals surface area contributed by atoms with Gasteiger partial charge in [-0.05, 0) is 52.9 Å². The fourth-order valence-corrected chi connectivity index (χ4v) is 3.17. The van der Waals surface area contributed by atoms with Crippen molar-refractivity contribution in [2.24, 2.45) is 10.4 Å². The van der Waals surface area contributed by atoms with E-state index in [4.69, 9.17) is 9.15 Å². The third-order valence-corrected chi connectivity index (χ3v) is 3.69. The fourth-order valence-electron chi connectivity index (χ4n) is 3.17. The van der Waals surface area contributed by atoms with Crippen LogP contribution in [-0.4, -0.2) is 44.0 Å². The molecule has 1 aliphatic rings. The van der Waals surface area contributed by atoms with Crippen LogP contribution in [0.3, 0.4) is 0 Å². The van der Waals surface area contributed by atoms with E-state index < -0.39 is 0 Å². The van der Waals surface area contributed by atoms with Crippen LogP contribution in [0.1, 0.15) is 32.4 Å². The molecule has 20 heavy (non-hydrogen) atoms. The molecule has 0 N–H and O–H groups in total. The molecule has 1 aromatic heterocycles. The standard InChI is InChI=1S/C16H26N2O2/c1-15(2)11-16(7-9-20-15,13-18(3)4)12-17-10-14-6-5-8-19-14/h5-6,8,12H,7,9-11,13H2,1-4H3. The van der Waals surface area contributed by atoms with Gasteiger partial charge in [0.1, 0.15) is 5.76 Å². The zero-order chi connectivity index (χ0) is 14.6. The molecule has 4 heteroatoms. The smallest absolute Gasteiger partial charge is 0.125 e. The Kier molecular flexibility index (Phi) is 4.66. The van der Waals surface area contributed by atoms with Gasteiger partial charge in [-0.15, -0.1) is 0 Å². The van der Waals surface area contributed by atoms with Gasteiger partial charge in [0, 0.05) is 24.8 Å². The van der Waals surface area contributed by atoms with Crippen LogP contribution in [-0.2, 0) is 11.3 Å². The van der Waals surface area contributed by atoms with Crippen LogP contribution < -0.4 is 0 Å². The SMILES string of the molecule is CN(C)CC1(C=NCc2ccco2)CCOC(C)(C)C1. The fraction of sp³-hybridized carbons (Fsp3) is 0.688. The number of nitrogens with zero attached hydrogens (tertiary/aromatic N) is 2. The average Bonchev–Trinajstić information content (AvgIpc) is 2.79. The van der Waals surface area contributed by atoms with Crippen molar-refractivity contribution in [2.45, 2.75) is 38.8 Å². The highest BCUT2D eigenvalue weighted by atomic mass is 16.5. The predicted molar refractivity (Wildman–Crippen MR) is 81.2 cm³/mol. The molecule has 0 aliphatic carbocycles. The van der Waals surface area contributed by atoms with E-state index in [2.05, 4.69) is 44.0 Å². The molecular formula is C16H26N2O2. The minimum atomic E-state index is -0.0784. The topological polar surface area (TPSA) is 38.0 Å². The van der Waals surface area contributed by atoms with Crippen molar-refractivity contribution in [2.75, 3.05) is 27.2 Å². The summed E-state index contributed by atoms with van der Waals surface area (Å²) in [5.41, 5.74) is 0.0167. The highest BCUT2D eigenvalue weighted by Crippen LogP contribution is 2.38. The van der Waals surface area contributed by atoms with Gasteiger partial charge in [0.25, 0.3) is 0 Å². The van der Waals surface area contributed by atoms with Crippen LogP contribution in [0.5, 0.6) is 0 Å². The highest BCUT2D eigenvalue weighted by molar-refractivity contribution is 5.66. The maximum absolute atomic E-state index is 5.86. The van der Waals surface area contributed by atoms with Crippen LogP contribution in [0.25, 0.3) is 0 Å². The van der Waals surface area contributed by atoms with E-state index >= 15 is 0 Å². The van der Waals surface area contributed by atoms with Crippen molar-refractivity contribution in [1.82, 2.24) is 4.90 Å². The summed E-state index contributed by atoms with van der Waals surface area (Å²) in [4.78, 5) is 6.86. The first-order chi connectivity index (χ1) is 9.41. The molecule has 1 saturated heterocycles. The van der Waals surface area contributed by atoms with E-state index in [-0.39, 0.29) is 11.0 Å². The van der Waals surface area contributed by atoms with Gasteiger partial charge < -0.3 is 14.1 Å². The number of aliphatic imine (C=N–C) groups is 1. The number of rotatable bonds is 5. The average molecular weight is 278 g/mol. The molecule has 2 rings (SSSR count). The summed E-state index contributed by atoms with van der Waals surface area (Å²) < 4.78 is 11.2. The van der Waals surface area contributed by atoms with Crippen LogP contribution in [0.2, 0.25) is 0 Å². The van der Waals surface area contributed by atoms with Gasteiger partial charge in [-0.1, -0.05) is 0 Å². The van der Waals surface area contributed by atoms with Gasteiger partial charge in [0.15, 0.2) is 0 Å². The second-order valence-electron chi connectivity index (χ2n) is 6.68. The van der Waals surface area contributed by atoms with Crippen molar-refractivity contribution in [1.29, 1.82) is 0 Å². The molecule has 0 spiro atoms. The molecule has 0 amide bonds. The first kappa shape index (κ1) is 15.3. The molecular weight excluding hydrogens is 252 g/mol. The van der Waals surface area contributed by atoms with E-state index in [1.54, 1.807) is 6.26 Å². The molecule has 1 unspecified atom stereocenters. The van der Waals surface area contributed by atoms with Crippen LogP contribution in [0.15, 0.2) is 27.8 Å². The molecule has 1 fully saturated rings. The first-order valence-corrected chi connectivity index (χ1v) is 7.23. The lowest BCUT2D eigenvalue weighted by molar-refractivity contribution is -0.0887. The number of ether oxygens (including phenoxy) is 1. The monoisotopic (exact) mass is 278 g/mol. The lowest BCUT2D eigenvalue weighted by atomic mass is 9.74. The van der Waals surface area contributed by atoms with Gasteiger partial charge in [-0.2, -0.15) is 0 Å². The number of hydrogen-bond acceptors (Lipinski definition) is 4. The summed E-state index contributed by atoms with van der Waals surface area (Å²) >= 11 is 0. The molecule has 0 bridgehead atoms. The Morgan fingerprint density at radius 1 is 1.40 bits per heavy atom. The Hall–Kier alpha value is -1.13. The van der Waals surface area contributed by atoms with E-state index in [0.717, 1.165) is 31.8 Å². The first-order valence-electron chi connectivity index (χ1n) is 7.23. The Balaban J connectivity index is 2.08. The third-order valence-electron chi connectivity index (χ3n) is 3.69. The van der Waals surface area contributed by atoms with Gasteiger partial charge in [0.2, 0.25) is 0 Å². The Morgan fingerprint density at radius 2 is 2.20 bits per heavy atom. The van der Waals surface area contributed by atoms with E-state index in [1.807, 2.05) is 12.1 Å². The summed E-state index contributed by atoms with van der Waals surface area (Å²) in [6, 6.07) is 3.86. The summed E-state index contributed by atoms with van der Waals surface area (Å²) in [7, 11) is 4.23. The Morgan fingerprint density at radius 3 is 2.80 bits per heavy atom. The van der Waals surface area contributed by atoms with E-state index in [9.17, 15) is 0 Å². The normalized spacial score (nSPS) is 26.4. The molecule has 0 aromatic carbocycles. The van der Waals surface area contributed by atoms with Gasteiger partial charge >= 0.3 is 0 Å². The lowest BCUT2D eigenvalue weighted by Crippen LogP contribution is -2.47. The third kappa shape index (κ3) is 4.18. The van der Waals surface area contributed by atoms with Gasteiger partial charge in [-0.3, -0.25) is 4.99 Å². The molecule has 4 nitrogen and oxygen atoms in total. The summed E-state index contributed by atoms with van der Waals surface area (Å²) in [6.45, 7) is 6.74.